The molecular weight excluding hydrogens is 180 g/mol. The fourth-order valence-electron chi connectivity index (χ4n) is 0.254. The lowest BCUT2D eigenvalue weighted by Gasteiger charge is -1.95. The Hall–Kier alpha value is -0.950. The van der Waals surface area contributed by atoms with Crippen LogP contribution in [0.5, 0.6) is 0 Å². The number of carbonyl (C=O) groups is 1. The molecule has 0 aliphatic rings. The van der Waals surface area contributed by atoms with Gasteiger partial charge in [0.05, 0.1) is 25.9 Å². The zero-order chi connectivity index (χ0) is 10.7. The quantitative estimate of drug-likeness (QED) is 0.329. The van der Waals surface area contributed by atoms with Gasteiger partial charge in [0.2, 0.25) is 0 Å². The van der Waals surface area contributed by atoms with E-state index in [0.29, 0.717) is 0 Å². The van der Waals surface area contributed by atoms with Crippen LogP contribution in [0.25, 0.3) is 0 Å². The molecule has 0 amide bonds. The molecule has 0 aliphatic carbocycles. The van der Waals surface area contributed by atoms with E-state index < -0.39 is 18.7 Å². The lowest BCUT2D eigenvalue weighted by atomic mass is 10.3. The minimum Gasteiger partial charge on any atom is -0.478 e. The van der Waals surface area contributed by atoms with Crippen molar-refractivity contribution in [2.75, 3.05) is 19.8 Å². The van der Waals surface area contributed by atoms with Crippen LogP contribution in [0.1, 0.15) is 0 Å². The molecule has 0 spiro atoms. The monoisotopic (exact) mass is 194 g/mol. The van der Waals surface area contributed by atoms with Crippen LogP contribution in [0.4, 0.5) is 0 Å². The molecule has 5 N–H and O–H groups in total. The van der Waals surface area contributed by atoms with Gasteiger partial charge in [0.1, 0.15) is 0 Å². The predicted octanol–water partition coefficient (Wildman–Crippen LogP) is -2.05. The summed E-state index contributed by atoms with van der Waals surface area (Å²) in [5.74, 6) is -1.14. The van der Waals surface area contributed by atoms with Gasteiger partial charge in [-0.15, -0.1) is 0 Å². The summed E-state index contributed by atoms with van der Waals surface area (Å²) >= 11 is 0. The Labute approximate surface area is 75.4 Å². The van der Waals surface area contributed by atoms with Crippen molar-refractivity contribution in [2.24, 2.45) is 0 Å². The van der Waals surface area contributed by atoms with Crippen molar-refractivity contribution in [2.45, 2.75) is 6.10 Å². The number of carboxylic acids is 1. The standard InChI is InChI=1S/C5H8O4.C2H6O2/c6-3-4(7)1-2-5(8)9;3-1-2-4/h1-2,4,6-7H,3H2,(H,8,9);3-4H,1-2H2. The predicted molar refractivity (Wildman–Crippen MR) is 44.0 cm³/mol. The lowest BCUT2D eigenvalue weighted by molar-refractivity contribution is -0.131. The smallest absolute Gasteiger partial charge is 0.328 e. The van der Waals surface area contributed by atoms with E-state index in [4.69, 9.17) is 25.5 Å². The van der Waals surface area contributed by atoms with Gasteiger partial charge >= 0.3 is 5.97 Å². The number of aliphatic hydroxyl groups is 4. The van der Waals surface area contributed by atoms with E-state index in [2.05, 4.69) is 0 Å². The molecule has 0 heterocycles. The van der Waals surface area contributed by atoms with E-state index in [1.165, 1.54) is 0 Å². The van der Waals surface area contributed by atoms with Crippen LogP contribution in [-0.4, -0.2) is 57.4 Å². The molecule has 6 heteroatoms. The molecule has 78 valence electrons. The summed E-state index contributed by atoms with van der Waals surface area (Å²) in [6, 6.07) is 0. The number of carboxylic acid groups (broad SMARTS) is 1. The highest BCUT2D eigenvalue weighted by Crippen LogP contribution is 1.82. The van der Waals surface area contributed by atoms with Crippen molar-refractivity contribution < 1.29 is 30.3 Å². The van der Waals surface area contributed by atoms with Gasteiger partial charge in [0, 0.05) is 6.08 Å². The second-order valence-electron chi connectivity index (χ2n) is 1.89. The highest BCUT2D eigenvalue weighted by molar-refractivity contribution is 5.79. The van der Waals surface area contributed by atoms with Crippen molar-refractivity contribution in [3.05, 3.63) is 12.2 Å². The van der Waals surface area contributed by atoms with Crippen LogP contribution in [-0.2, 0) is 4.79 Å². The van der Waals surface area contributed by atoms with Gasteiger partial charge in [-0.1, -0.05) is 0 Å². The third-order valence-electron chi connectivity index (χ3n) is 0.748. The van der Waals surface area contributed by atoms with Crippen molar-refractivity contribution in [1.82, 2.24) is 0 Å². The summed E-state index contributed by atoms with van der Waals surface area (Å²) in [5.41, 5.74) is 0. The molecule has 1 atom stereocenters. The van der Waals surface area contributed by atoms with Gasteiger partial charge < -0.3 is 25.5 Å². The van der Waals surface area contributed by atoms with E-state index in [9.17, 15) is 4.79 Å². The van der Waals surface area contributed by atoms with E-state index in [1.54, 1.807) is 0 Å². The fraction of sp³-hybridized carbons (Fsp3) is 0.571. The van der Waals surface area contributed by atoms with Crippen LogP contribution in [0.15, 0.2) is 12.2 Å². The maximum absolute atomic E-state index is 9.74. The van der Waals surface area contributed by atoms with Crippen molar-refractivity contribution >= 4 is 5.97 Å². The molecule has 6 nitrogen and oxygen atoms in total. The summed E-state index contributed by atoms with van der Waals surface area (Å²) in [6.45, 7) is -0.705. The zero-order valence-corrected chi connectivity index (χ0v) is 7.00. The lowest BCUT2D eigenvalue weighted by Crippen LogP contribution is -2.08. The maximum Gasteiger partial charge on any atom is 0.328 e. The highest BCUT2D eigenvalue weighted by atomic mass is 16.4. The summed E-state index contributed by atoms with van der Waals surface area (Å²) < 4.78 is 0. The normalized spacial score (nSPS) is 12.0. The molecule has 0 aromatic carbocycles. The first kappa shape index (κ1) is 14.6. The summed E-state index contributed by atoms with van der Waals surface area (Å²) in [6.07, 6.45) is 0.713. The Bertz CT molecular complexity index is 142. The van der Waals surface area contributed by atoms with E-state index >= 15 is 0 Å². The van der Waals surface area contributed by atoms with Crippen molar-refractivity contribution in [1.29, 1.82) is 0 Å². The molecule has 0 aromatic heterocycles. The number of rotatable bonds is 4. The molecule has 1 unspecified atom stereocenters. The number of hydrogen-bond donors (Lipinski definition) is 5. The van der Waals surface area contributed by atoms with Crippen LogP contribution in [0, 0.1) is 0 Å². The van der Waals surface area contributed by atoms with Gasteiger partial charge in [-0.2, -0.15) is 0 Å². The third-order valence-corrected chi connectivity index (χ3v) is 0.748. The fourth-order valence-corrected chi connectivity index (χ4v) is 0.254. The van der Waals surface area contributed by atoms with E-state index in [1.807, 2.05) is 0 Å². The SMILES string of the molecule is O=C(O)C=CC(O)CO.OCCO. The van der Waals surface area contributed by atoms with Gasteiger partial charge in [0.15, 0.2) is 0 Å². The number of aliphatic hydroxyl groups excluding tert-OH is 4. The largest absolute Gasteiger partial charge is 0.478 e. The minimum absolute atomic E-state index is 0.125. The first-order valence-electron chi connectivity index (χ1n) is 3.50. The Morgan fingerprint density at radius 2 is 1.69 bits per heavy atom. The van der Waals surface area contributed by atoms with Crippen LogP contribution in [0.3, 0.4) is 0 Å². The molecule has 0 aromatic rings. The van der Waals surface area contributed by atoms with Crippen LogP contribution >= 0.6 is 0 Å². The Kier molecular flexibility index (Phi) is 12.4. The molecular formula is C7H14O6. The van der Waals surface area contributed by atoms with Crippen molar-refractivity contribution in [3.8, 4) is 0 Å². The van der Waals surface area contributed by atoms with Gasteiger partial charge in [0.25, 0.3) is 0 Å². The summed E-state index contributed by atoms with van der Waals surface area (Å²) in [4.78, 5) is 9.74. The summed E-state index contributed by atoms with van der Waals surface area (Å²) in [5, 5.41) is 39.9. The highest BCUT2D eigenvalue weighted by Gasteiger charge is 1.94. The Morgan fingerprint density at radius 1 is 1.23 bits per heavy atom. The molecule has 0 fully saturated rings. The maximum atomic E-state index is 9.74. The Morgan fingerprint density at radius 3 is 1.92 bits per heavy atom. The second kappa shape index (κ2) is 11.1. The van der Waals surface area contributed by atoms with Crippen molar-refractivity contribution in [3.63, 3.8) is 0 Å². The zero-order valence-electron chi connectivity index (χ0n) is 7.00. The van der Waals surface area contributed by atoms with Crippen LogP contribution < -0.4 is 0 Å². The molecule has 0 aliphatic heterocycles. The average Bonchev–Trinajstić information content (AvgIpc) is 2.14. The second-order valence-corrected chi connectivity index (χ2v) is 1.89. The molecule has 0 radical (unpaired) electrons. The molecule has 0 saturated carbocycles. The summed E-state index contributed by atoms with van der Waals surface area (Å²) in [7, 11) is 0. The molecule has 13 heavy (non-hydrogen) atoms. The first-order chi connectivity index (χ1) is 6.08. The number of aliphatic carboxylic acids is 1. The minimum atomic E-state index is -1.14. The average molecular weight is 194 g/mol. The topological polar surface area (TPSA) is 118 Å². The first-order valence-corrected chi connectivity index (χ1v) is 3.50. The Balaban J connectivity index is 0. The van der Waals surface area contributed by atoms with E-state index in [0.717, 1.165) is 12.2 Å². The number of hydrogen-bond acceptors (Lipinski definition) is 5. The van der Waals surface area contributed by atoms with Crippen LogP contribution in [0.2, 0.25) is 0 Å². The molecule has 0 bridgehead atoms. The molecule has 0 saturated heterocycles. The molecule has 0 rings (SSSR count). The third kappa shape index (κ3) is 18.2. The van der Waals surface area contributed by atoms with E-state index in [-0.39, 0.29) is 13.2 Å². The van der Waals surface area contributed by atoms with Gasteiger partial charge in [-0.05, 0) is 6.08 Å². The van der Waals surface area contributed by atoms with Gasteiger partial charge in [-0.25, -0.2) is 4.79 Å². The van der Waals surface area contributed by atoms with Gasteiger partial charge in [-0.3, -0.25) is 0 Å².